The largest absolute Gasteiger partial charge is 0.467 e. The topological polar surface area (TPSA) is 68.3 Å². The molecule has 1 unspecified atom stereocenters. The maximum absolute atomic E-state index is 11.0. The second-order valence-electron chi connectivity index (χ2n) is 2.80. The van der Waals surface area contributed by atoms with Crippen LogP contribution in [0.5, 0.6) is 0 Å². The van der Waals surface area contributed by atoms with Gasteiger partial charge in [-0.1, -0.05) is 6.92 Å². The number of nitrogens with two attached hydrogens (primary N) is 1. The van der Waals surface area contributed by atoms with E-state index in [9.17, 15) is 4.79 Å². The van der Waals surface area contributed by atoms with Crippen molar-refractivity contribution < 1.29 is 9.21 Å². The summed E-state index contributed by atoms with van der Waals surface area (Å²) < 4.78 is 5.09. The van der Waals surface area contributed by atoms with Gasteiger partial charge in [-0.3, -0.25) is 10.1 Å². The standard InChI is InChI=1S/C9H14N2O2/c1-2-5-11-8(9(10)12)7-4-3-6-13-7/h3-4,6,8,11H,2,5H2,1H3,(H2,10,12). The zero-order valence-corrected chi connectivity index (χ0v) is 7.62. The highest BCUT2D eigenvalue weighted by Crippen LogP contribution is 2.12. The Morgan fingerprint density at radius 3 is 3.00 bits per heavy atom. The number of furan rings is 1. The molecule has 72 valence electrons. The summed E-state index contributed by atoms with van der Waals surface area (Å²) in [6.07, 6.45) is 2.48. The smallest absolute Gasteiger partial charge is 0.242 e. The Bertz CT molecular complexity index is 257. The van der Waals surface area contributed by atoms with Crippen LogP contribution < -0.4 is 11.1 Å². The molecule has 0 spiro atoms. The quantitative estimate of drug-likeness (QED) is 0.707. The van der Waals surface area contributed by atoms with Crippen molar-refractivity contribution in [3.8, 4) is 0 Å². The van der Waals surface area contributed by atoms with E-state index in [1.54, 1.807) is 12.1 Å². The highest BCUT2D eigenvalue weighted by atomic mass is 16.3. The van der Waals surface area contributed by atoms with Crippen molar-refractivity contribution in [3.63, 3.8) is 0 Å². The van der Waals surface area contributed by atoms with Crippen LogP contribution in [0.25, 0.3) is 0 Å². The fraction of sp³-hybridized carbons (Fsp3) is 0.444. The molecule has 0 saturated carbocycles. The van der Waals surface area contributed by atoms with E-state index in [0.29, 0.717) is 5.76 Å². The lowest BCUT2D eigenvalue weighted by Gasteiger charge is -2.11. The second-order valence-corrected chi connectivity index (χ2v) is 2.80. The number of carbonyl (C=O) groups excluding carboxylic acids is 1. The lowest BCUT2D eigenvalue weighted by Crippen LogP contribution is -2.33. The van der Waals surface area contributed by atoms with Crippen LogP contribution in [0.15, 0.2) is 22.8 Å². The fourth-order valence-electron chi connectivity index (χ4n) is 1.09. The van der Waals surface area contributed by atoms with E-state index in [-0.39, 0.29) is 0 Å². The highest BCUT2D eigenvalue weighted by Gasteiger charge is 2.18. The Balaban J connectivity index is 2.63. The van der Waals surface area contributed by atoms with Gasteiger partial charge in [0.15, 0.2) is 0 Å². The van der Waals surface area contributed by atoms with Gasteiger partial charge in [-0.2, -0.15) is 0 Å². The Kier molecular flexibility index (Phi) is 3.52. The van der Waals surface area contributed by atoms with E-state index in [4.69, 9.17) is 10.2 Å². The minimum atomic E-state index is -0.505. The average Bonchev–Trinajstić information content (AvgIpc) is 2.57. The molecule has 1 atom stereocenters. The molecule has 0 aliphatic rings. The third kappa shape index (κ3) is 2.59. The van der Waals surface area contributed by atoms with Gasteiger partial charge in [-0.25, -0.2) is 0 Å². The lowest BCUT2D eigenvalue weighted by molar-refractivity contribution is -0.120. The second kappa shape index (κ2) is 4.67. The van der Waals surface area contributed by atoms with Gasteiger partial charge < -0.3 is 10.2 Å². The first-order valence-electron chi connectivity index (χ1n) is 4.31. The van der Waals surface area contributed by atoms with Crippen LogP contribution in [0.1, 0.15) is 25.1 Å². The molecule has 1 aromatic heterocycles. The molecular formula is C9H14N2O2. The Morgan fingerprint density at radius 2 is 2.54 bits per heavy atom. The number of rotatable bonds is 5. The maximum Gasteiger partial charge on any atom is 0.242 e. The number of amides is 1. The van der Waals surface area contributed by atoms with Gasteiger partial charge in [0.1, 0.15) is 11.8 Å². The predicted octanol–water partition coefficient (Wildman–Crippen LogP) is 0.806. The Labute approximate surface area is 77.1 Å². The molecule has 1 heterocycles. The number of hydrogen-bond acceptors (Lipinski definition) is 3. The van der Waals surface area contributed by atoms with Gasteiger partial charge >= 0.3 is 0 Å². The molecule has 4 nitrogen and oxygen atoms in total. The molecule has 1 aromatic rings. The average molecular weight is 182 g/mol. The van der Waals surface area contributed by atoms with Crippen molar-refractivity contribution >= 4 is 5.91 Å². The summed E-state index contributed by atoms with van der Waals surface area (Å²) >= 11 is 0. The minimum Gasteiger partial charge on any atom is -0.467 e. The van der Waals surface area contributed by atoms with E-state index in [2.05, 4.69) is 5.32 Å². The number of carbonyl (C=O) groups is 1. The third-order valence-electron chi connectivity index (χ3n) is 1.71. The summed E-state index contributed by atoms with van der Waals surface area (Å²) in [4.78, 5) is 11.0. The van der Waals surface area contributed by atoms with Gasteiger partial charge in [0, 0.05) is 0 Å². The third-order valence-corrected chi connectivity index (χ3v) is 1.71. The lowest BCUT2D eigenvalue weighted by atomic mass is 10.2. The van der Waals surface area contributed by atoms with E-state index in [1.165, 1.54) is 6.26 Å². The molecule has 4 heteroatoms. The first kappa shape index (κ1) is 9.80. The fourth-order valence-corrected chi connectivity index (χ4v) is 1.09. The molecule has 0 aliphatic carbocycles. The van der Waals surface area contributed by atoms with Crippen LogP contribution in [0.2, 0.25) is 0 Å². The molecular weight excluding hydrogens is 168 g/mol. The van der Waals surface area contributed by atoms with Crippen LogP contribution in [0, 0.1) is 0 Å². The van der Waals surface area contributed by atoms with Crippen LogP contribution in [0.3, 0.4) is 0 Å². The monoisotopic (exact) mass is 182 g/mol. The Morgan fingerprint density at radius 1 is 1.77 bits per heavy atom. The number of nitrogens with one attached hydrogen (secondary N) is 1. The normalized spacial score (nSPS) is 12.7. The van der Waals surface area contributed by atoms with Crippen LogP contribution >= 0.6 is 0 Å². The van der Waals surface area contributed by atoms with E-state index < -0.39 is 11.9 Å². The number of hydrogen-bond donors (Lipinski definition) is 2. The molecule has 1 rings (SSSR count). The molecule has 0 bridgehead atoms. The van der Waals surface area contributed by atoms with E-state index in [0.717, 1.165) is 13.0 Å². The van der Waals surface area contributed by atoms with E-state index in [1.807, 2.05) is 6.92 Å². The first-order valence-corrected chi connectivity index (χ1v) is 4.31. The van der Waals surface area contributed by atoms with Crippen molar-refractivity contribution in [3.05, 3.63) is 24.2 Å². The molecule has 0 fully saturated rings. The molecule has 1 amide bonds. The van der Waals surface area contributed by atoms with Crippen molar-refractivity contribution in [1.29, 1.82) is 0 Å². The van der Waals surface area contributed by atoms with Gasteiger partial charge in [0.25, 0.3) is 0 Å². The number of primary amides is 1. The maximum atomic E-state index is 11.0. The first-order chi connectivity index (χ1) is 6.25. The SMILES string of the molecule is CCCNC(C(N)=O)c1ccco1. The van der Waals surface area contributed by atoms with Crippen molar-refractivity contribution in [2.75, 3.05) is 6.54 Å². The van der Waals surface area contributed by atoms with Crippen LogP contribution in [0.4, 0.5) is 0 Å². The highest BCUT2D eigenvalue weighted by molar-refractivity contribution is 5.80. The van der Waals surface area contributed by atoms with Gasteiger partial charge in [-0.05, 0) is 25.1 Å². The summed E-state index contributed by atoms with van der Waals surface area (Å²) in [5, 5.41) is 3.00. The van der Waals surface area contributed by atoms with Crippen molar-refractivity contribution in [1.82, 2.24) is 5.32 Å². The summed E-state index contributed by atoms with van der Waals surface area (Å²) in [7, 11) is 0. The summed E-state index contributed by atoms with van der Waals surface area (Å²) in [6, 6.07) is 2.96. The summed E-state index contributed by atoms with van der Waals surface area (Å²) in [5.41, 5.74) is 5.21. The molecule has 0 radical (unpaired) electrons. The van der Waals surface area contributed by atoms with Gasteiger partial charge in [-0.15, -0.1) is 0 Å². The van der Waals surface area contributed by atoms with Crippen molar-refractivity contribution in [2.45, 2.75) is 19.4 Å². The molecule has 0 aliphatic heterocycles. The van der Waals surface area contributed by atoms with Crippen LogP contribution in [-0.2, 0) is 4.79 Å². The predicted molar refractivity (Wildman–Crippen MR) is 48.9 cm³/mol. The van der Waals surface area contributed by atoms with Crippen molar-refractivity contribution in [2.24, 2.45) is 5.73 Å². The minimum absolute atomic E-state index is 0.414. The summed E-state index contributed by atoms with van der Waals surface area (Å²) in [6.45, 7) is 2.77. The van der Waals surface area contributed by atoms with Crippen LogP contribution in [-0.4, -0.2) is 12.5 Å². The molecule has 13 heavy (non-hydrogen) atoms. The molecule has 3 N–H and O–H groups in total. The zero-order valence-electron chi connectivity index (χ0n) is 7.62. The van der Waals surface area contributed by atoms with Gasteiger partial charge in [0.2, 0.25) is 5.91 Å². The molecule has 0 aromatic carbocycles. The van der Waals surface area contributed by atoms with E-state index >= 15 is 0 Å². The zero-order chi connectivity index (χ0) is 9.68. The van der Waals surface area contributed by atoms with Gasteiger partial charge in [0.05, 0.1) is 6.26 Å². The summed E-state index contributed by atoms with van der Waals surface area (Å²) in [5.74, 6) is 0.157. The Hall–Kier alpha value is -1.29. The molecule has 0 saturated heterocycles.